The number of carbonyl (C=O) groups is 2. The lowest BCUT2D eigenvalue weighted by molar-refractivity contribution is -0.143. The van der Waals surface area contributed by atoms with Crippen molar-refractivity contribution in [2.75, 3.05) is 20.6 Å². The summed E-state index contributed by atoms with van der Waals surface area (Å²) in [7, 11) is 3.54. The van der Waals surface area contributed by atoms with Crippen molar-refractivity contribution in [3.05, 3.63) is 0 Å². The van der Waals surface area contributed by atoms with Crippen molar-refractivity contribution < 1.29 is 9.59 Å². The topological polar surface area (TPSA) is 40.6 Å². The van der Waals surface area contributed by atoms with E-state index in [9.17, 15) is 9.59 Å². The highest BCUT2D eigenvalue weighted by Crippen LogP contribution is 2.28. The molecule has 1 saturated carbocycles. The third kappa shape index (κ3) is 3.48. The molecule has 2 aliphatic rings. The number of carbonyl (C=O) groups excluding carboxylic acids is 2. The molecule has 1 unspecified atom stereocenters. The summed E-state index contributed by atoms with van der Waals surface area (Å²) in [5, 5.41) is 0. The van der Waals surface area contributed by atoms with Gasteiger partial charge in [0.15, 0.2) is 0 Å². The molecule has 1 aliphatic heterocycles. The maximum Gasteiger partial charge on any atom is 0.244 e. The summed E-state index contributed by atoms with van der Waals surface area (Å²) in [5.74, 6) is 0.830. The van der Waals surface area contributed by atoms with Crippen LogP contribution in [0.5, 0.6) is 0 Å². The predicted molar refractivity (Wildman–Crippen MR) is 74.6 cm³/mol. The minimum absolute atomic E-state index is 0.0782. The van der Waals surface area contributed by atoms with E-state index < -0.39 is 0 Å². The van der Waals surface area contributed by atoms with E-state index in [1.54, 1.807) is 19.0 Å². The van der Waals surface area contributed by atoms with Crippen LogP contribution in [0.15, 0.2) is 0 Å². The summed E-state index contributed by atoms with van der Waals surface area (Å²) in [6.07, 6.45) is 8.65. The molecule has 2 fully saturated rings. The number of likely N-dealkylation sites (N-methyl/N-ethyl adjacent to an activating group) is 1. The van der Waals surface area contributed by atoms with Crippen LogP contribution in [0.25, 0.3) is 0 Å². The second-order valence-electron chi connectivity index (χ2n) is 6.19. The highest BCUT2D eigenvalue weighted by Gasteiger charge is 2.35. The average Bonchev–Trinajstić information content (AvgIpc) is 2.88. The number of amides is 2. The van der Waals surface area contributed by atoms with Gasteiger partial charge in [-0.1, -0.05) is 19.3 Å². The SMILES string of the molecule is CN(C)C(=O)C1CCCN1C(=O)CC1CCCCC1. The fourth-order valence-electron chi connectivity index (χ4n) is 3.38. The third-order valence-electron chi connectivity index (χ3n) is 4.49. The lowest BCUT2D eigenvalue weighted by Gasteiger charge is -2.29. The highest BCUT2D eigenvalue weighted by atomic mass is 16.2. The van der Waals surface area contributed by atoms with Crippen molar-refractivity contribution in [3.8, 4) is 0 Å². The monoisotopic (exact) mass is 266 g/mol. The summed E-state index contributed by atoms with van der Waals surface area (Å²) in [6, 6.07) is -0.203. The van der Waals surface area contributed by atoms with E-state index in [-0.39, 0.29) is 17.9 Å². The van der Waals surface area contributed by atoms with Crippen molar-refractivity contribution >= 4 is 11.8 Å². The van der Waals surface area contributed by atoms with E-state index in [0.29, 0.717) is 12.3 Å². The van der Waals surface area contributed by atoms with E-state index in [0.717, 1.165) is 19.4 Å². The van der Waals surface area contributed by atoms with Gasteiger partial charge in [-0.2, -0.15) is 0 Å². The molecule has 0 spiro atoms. The zero-order valence-electron chi connectivity index (χ0n) is 12.2. The molecule has 0 aromatic rings. The normalized spacial score (nSPS) is 24.5. The summed E-state index contributed by atoms with van der Waals surface area (Å²) < 4.78 is 0. The third-order valence-corrected chi connectivity index (χ3v) is 4.49. The van der Waals surface area contributed by atoms with Crippen LogP contribution < -0.4 is 0 Å². The van der Waals surface area contributed by atoms with Gasteiger partial charge < -0.3 is 9.80 Å². The quantitative estimate of drug-likeness (QED) is 0.784. The molecular formula is C15H26N2O2. The fourth-order valence-corrected chi connectivity index (χ4v) is 3.38. The summed E-state index contributed by atoms with van der Waals surface area (Å²) in [6.45, 7) is 0.760. The Labute approximate surface area is 116 Å². The van der Waals surface area contributed by atoms with Crippen LogP contribution in [-0.4, -0.2) is 48.3 Å². The molecule has 0 aromatic carbocycles. The summed E-state index contributed by atoms with van der Waals surface area (Å²) in [5.41, 5.74) is 0. The van der Waals surface area contributed by atoms with Gasteiger partial charge in [0.1, 0.15) is 6.04 Å². The second-order valence-corrected chi connectivity index (χ2v) is 6.19. The number of likely N-dealkylation sites (tertiary alicyclic amines) is 1. The first kappa shape index (κ1) is 14.4. The molecule has 1 atom stereocenters. The Balaban J connectivity index is 1.91. The molecule has 108 valence electrons. The molecule has 4 heteroatoms. The van der Waals surface area contributed by atoms with Gasteiger partial charge in [0, 0.05) is 27.1 Å². The smallest absolute Gasteiger partial charge is 0.244 e. The van der Waals surface area contributed by atoms with Crippen LogP contribution in [0.1, 0.15) is 51.4 Å². The van der Waals surface area contributed by atoms with Gasteiger partial charge in [0.05, 0.1) is 0 Å². The summed E-state index contributed by atoms with van der Waals surface area (Å²) in [4.78, 5) is 27.9. The molecule has 0 N–H and O–H groups in total. The standard InChI is InChI=1S/C15H26N2O2/c1-16(2)15(19)13-9-6-10-17(13)14(18)11-12-7-4-3-5-8-12/h12-13H,3-11H2,1-2H3. The first-order chi connectivity index (χ1) is 9.09. The van der Waals surface area contributed by atoms with Crippen LogP contribution in [0.2, 0.25) is 0 Å². The zero-order chi connectivity index (χ0) is 13.8. The molecular weight excluding hydrogens is 240 g/mol. The lowest BCUT2D eigenvalue weighted by atomic mass is 9.86. The van der Waals surface area contributed by atoms with Gasteiger partial charge in [-0.15, -0.1) is 0 Å². The highest BCUT2D eigenvalue weighted by molar-refractivity contribution is 5.88. The lowest BCUT2D eigenvalue weighted by Crippen LogP contribution is -2.45. The molecule has 0 radical (unpaired) electrons. The largest absolute Gasteiger partial charge is 0.347 e. The van der Waals surface area contributed by atoms with Crippen LogP contribution in [0.3, 0.4) is 0 Å². The Bertz CT molecular complexity index is 335. The molecule has 19 heavy (non-hydrogen) atoms. The first-order valence-electron chi connectivity index (χ1n) is 7.60. The van der Waals surface area contributed by atoms with Gasteiger partial charge in [-0.05, 0) is 31.6 Å². The van der Waals surface area contributed by atoms with E-state index in [2.05, 4.69) is 0 Å². The Morgan fingerprint density at radius 1 is 1.05 bits per heavy atom. The van der Waals surface area contributed by atoms with Crippen LogP contribution >= 0.6 is 0 Å². The Kier molecular flexibility index (Phi) is 4.83. The molecule has 2 rings (SSSR count). The number of hydrogen-bond donors (Lipinski definition) is 0. The molecule has 1 aliphatic carbocycles. The Morgan fingerprint density at radius 2 is 1.74 bits per heavy atom. The molecule has 1 heterocycles. The van der Waals surface area contributed by atoms with Crippen LogP contribution in [-0.2, 0) is 9.59 Å². The van der Waals surface area contributed by atoms with Crippen LogP contribution in [0.4, 0.5) is 0 Å². The van der Waals surface area contributed by atoms with E-state index in [1.165, 1.54) is 32.1 Å². The van der Waals surface area contributed by atoms with Crippen molar-refractivity contribution in [2.45, 2.75) is 57.4 Å². The molecule has 4 nitrogen and oxygen atoms in total. The zero-order valence-corrected chi connectivity index (χ0v) is 12.2. The average molecular weight is 266 g/mol. The van der Waals surface area contributed by atoms with Crippen molar-refractivity contribution in [1.29, 1.82) is 0 Å². The van der Waals surface area contributed by atoms with E-state index in [1.807, 2.05) is 4.90 Å². The fraction of sp³-hybridized carbons (Fsp3) is 0.867. The maximum atomic E-state index is 12.4. The second kappa shape index (κ2) is 6.40. The minimum Gasteiger partial charge on any atom is -0.347 e. The van der Waals surface area contributed by atoms with Crippen LogP contribution in [0, 0.1) is 5.92 Å². The van der Waals surface area contributed by atoms with Crippen molar-refractivity contribution in [1.82, 2.24) is 9.80 Å². The van der Waals surface area contributed by atoms with E-state index >= 15 is 0 Å². The van der Waals surface area contributed by atoms with Crippen molar-refractivity contribution in [3.63, 3.8) is 0 Å². The summed E-state index contributed by atoms with van der Waals surface area (Å²) >= 11 is 0. The first-order valence-corrected chi connectivity index (χ1v) is 7.60. The minimum atomic E-state index is -0.203. The molecule has 0 bridgehead atoms. The number of hydrogen-bond acceptors (Lipinski definition) is 2. The van der Waals surface area contributed by atoms with Gasteiger partial charge in [-0.3, -0.25) is 9.59 Å². The Morgan fingerprint density at radius 3 is 2.37 bits per heavy atom. The predicted octanol–water partition coefficient (Wildman–Crippen LogP) is 2.04. The Hall–Kier alpha value is -1.06. The molecule has 1 saturated heterocycles. The van der Waals surface area contributed by atoms with Crippen molar-refractivity contribution in [2.24, 2.45) is 5.92 Å². The van der Waals surface area contributed by atoms with Gasteiger partial charge >= 0.3 is 0 Å². The van der Waals surface area contributed by atoms with Gasteiger partial charge in [-0.25, -0.2) is 0 Å². The number of rotatable bonds is 3. The maximum absolute atomic E-state index is 12.4. The van der Waals surface area contributed by atoms with Gasteiger partial charge in [0.2, 0.25) is 11.8 Å². The van der Waals surface area contributed by atoms with Gasteiger partial charge in [0.25, 0.3) is 0 Å². The number of nitrogens with zero attached hydrogens (tertiary/aromatic N) is 2. The molecule has 2 amide bonds. The molecule has 0 aromatic heterocycles. The van der Waals surface area contributed by atoms with E-state index in [4.69, 9.17) is 0 Å².